The fourth-order valence-electron chi connectivity index (χ4n) is 7.56. The van der Waals surface area contributed by atoms with Gasteiger partial charge in [-0.15, -0.1) is 0 Å². The van der Waals surface area contributed by atoms with Gasteiger partial charge in [0.15, 0.2) is 11.3 Å². The molecule has 0 bridgehead atoms. The average Bonchev–Trinajstić information content (AvgIpc) is 4.06. The number of carbonyl (C=O) groups is 2. The third-order valence-electron chi connectivity index (χ3n) is 11.9. The van der Waals surface area contributed by atoms with Gasteiger partial charge in [0.05, 0.1) is 29.0 Å². The van der Waals surface area contributed by atoms with E-state index in [9.17, 15) is 14.7 Å². The molecule has 2 aliphatic heterocycles. The molecule has 0 radical (unpaired) electrons. The van der Waals surface area contributed by atoms with Crippen LogP contribution in [0.1, 0.15) is 34.6 Å². The number of amides is 1. The molecule has 0 aliphatic carbocycles. The van der Waals surface area contributed by atoms with Crippen LogP contribution in [-0.2, 0) is 37.0 Å². The smallest absolute Gasteiger partial charge is 0.339 e. The van der Waals surface area contributed by atoms with Gasteiger partial charge in [-0.2, -0.15) is 10.2 Å². The van der Waals surface area contributed by atoms with E-state index < -0.39 is 22.1 Å². The maximum absolute atomic E-state index is 13.2. The first-order chi connectivity index (χ1) is 32.7. The number of aryl methyl sites for hydroxylation is 2. The fraction of sp³-hybridized carbons (Fsp3) is 0.417. The van der Waals surface area contributed by atoms with Gasteiger partial charge in [0.2, 0.25) is 0 Å². The van der Waals surface area contributed by atoms with Gasteiger partial charge in [0, 0.05) is 102 Å². The molecule has 2 fully saturated rings. The van der Waals surface area contributed by atoms with Crippen molar-refractivity contribution in [3.8, 4) is 22.8 Å². The highest BCUT2D eigenvalue weighted by Crippen LogP contribution is 2.33. The van der Waals surface area contributed by atoms with Crippen LogP contribution >= 0.6 is 23.2 Å². The highest BCUT2D eigenvalue weighted by molar-refractivity contribution is 6.76. The van der Waals surface area contributed by atoms with Crippen molar-refractivity contribution in [2.24, 2.45) is 14.1 Å². The number of nitrogens with one attached hydrogen (secondary N) is 1. The van der Waals surface area contributed by atoms with Gasteiger partial charge >= 0.3 is 5.97 Å². The van der Waals surface area contributed by atoms with Crippen LogP contribution in [0.25, 0.3) is 66.9 Å². The molecule has 1 amide bonds. The maximum Gasteiger partial charge on any atom is 0.339 e. The summed E-state index contributed by atoms with van der Waals surface area (Å²) in [5.41, 5.74) is 6.84. The van der Waals surface area contributed by atoms with Crippen LogP contribution < -0.4 is 5.32 Å². The number of carbonyl (C=O) groups excluding carboxylic acids is 1. The van der Waals surface area contributed by atoms with Gasteiger partial charge in [-0.1, -0.05) is 62.5 Å². The minimum atomic E-state index is -1.20. The SMILES string of the molecule is CC1CN1.CC1CN1C(=O)c1cn(COCC[Si](C)(C)C)c2ncc(-c3nn(C)c4cc(Cl)ccc34)nc12.Cn1nc(-c2cnc3c(n2)c(C(=O)O)cn3COCC[Si](C)(C)C)c2ccc(Cl)cc21. The predicted molar refractivity (Wildman–Crippen MR) is 278 cm³/mol. The Morgan fingerprint density at radius 1 is 0.739 bits per heavy atom. The van der Waals surface area contributed by atoms with Gasteiger partial charge < -0.3 is 33.9 Å². The summed E-state index contributed by atoms with van der Waals surface area (Å²) in [6.45, 7) is 21.9. The molecular weight excluding hydrogens is 952 g/mol. The lowest BCUT2D eigenvalue weighted by Crippen LogP contribution is -2.22. The van der Waals surface area contributed by atoms with Crippen molar-refractivity contribution >= 4 is 95.4 Å². The van der Waals surface area contributed by atoms with Gasteiger partial charge in [0.1, 0.15) is 52.8 Å². The largest absolute Gasteiger partial charge is 0.478 e. The second-order valence-corrected chi connectivity index (χ2v) is 32.4. The van der Waals surface area contributed by atoms with E-state index in [1.54, 1.807) is 32.4 Å². The summed E-state index contributed by atoms with van der Waals surface area (Å²) in [7, 11) is 1.31. The van der Waals surface area contributed by atoms with Gasteiger partial charge in [-0.05, 0) is 62.3 Å². The van der Waals surface area contributed by atoms with Crippen molar-refractivity contribution in [3.63, 3.8) is 0 Å². The molecule has 8 aromatic rings. The second-order valence-electron chi connectivity index (χ2n) is 20.3. The zero-order valence-corrected chi connectivity index (χ0v) is 44.4. The number of carboxylic acid groups (broad SMARTS) is 1. The lowest BCUT2D eigenvalue weighted by atomic mass is 10.1. The molecule has 364 valence electrons. The number of aromatic carboxylic acids is 1. The Labute approximate surface area is 412 Å². The van der Waals surface area contributed by atoms with Crippen LogP contribution in [0.5, 0.6) is 0 Å². The van der Waals surface area contributed by atoms with E-state index in [1.165, 1.54) is 12.7 Å². The van der Waals surface area contributed by atoms with Crippen molar-refractivity contribution in [1.29, 1.82) is 0 Å². The molecule has 8 heterocycles. The number of aromatic nitrogens is 10. The summed E-state index contributed by atoms with van der Waals surface area (Å²) >= 11 is 12.3. The Morgan fingerprint density at radius 3 is 1.55 bits per heavy atom. The number of nitrogens with zero attached hydrogens (tertiary/aromatic N) is 11. The quantitative estimate of drug-likeness (QED) is 0.0596. The van der Waals surface area contributed by atoms with E-state index >= 15 is 0 Å². The van der Waals surface area contributed by atoms with E-state index in [4.69, 9.17) is 42.6 Å². The van der Waals surface area contributed by atoms with Crippen LogP contribution in [0.15, 0.2) is 61.2 Å². The fourth-order valence-corrected chi connectivity index (χ4v) is 9.40. The first-order valence-electron chi connectivity index (χ1n) is 23.1. The Balaban J connectivity index is 0.000000172. The zero-order chi connectivity index (χ0) is 49.5. The summed E-state index contributed by atoms with van der Waals surface area (Å²) in [6, 6.07) is 14.3. The molecule has 21 heteroatoms. The molecule has 2 N–H and O–H groups in total. The van der Waals surface area contributed by atoms with Gasteiger partial charge in [-0.25, -0.2) is 24.7 Å². The average molecular weight is 1010 g/mol. The van der Waals surface area contributed by atoms with Crippen LogP contribution in [0.4, 0.5) is 0 Å². The van der Waals surface area contributed by atoms with Gasteiger partial charge in [-0.3, -0.25) is 14.2 Å². The number of hydrogen-bond donors (Lipinski definition) is 2. The monoisotopic (exact) mass is 1010 g/mol. The molecule has 0 spiro atoms. The molecule has 10 rings (SSSR count). The van der Waals surface area contributed by atoms with Crippen LogP contribution in [0.2, 0.25) is 61.4 Å². The summed E-state index contributed by atoms with van der Waals surface area (Å²) < 4.78 is 18.8. The molecule has 2 saturated heterocycles. The predicted octanol–water partition coefficient (Wildman–Crippen LogP) is 9.42. The highest BCUT2D eigenvalue weighted by atomic mass is 35.5. The van der Waals surface area contributed by atoms with Crippen LogP contribution in [-0.4, -0.2) is 125 Å². The molecule has 69 heavy (non-hydrogen) atoms. The zero-order valence-electron chi connectivity index (χ0n) is 40.8. The summed E-state index contributed by atoms with van der Waals surface area (Å²) in [6.07, 6.45) is 6.68. The number of benzene rings is 2. The molecule has 17 nitrogen and oxygen atoms in total. The summed E-state index contributed by atoms with van der Waals surface area (Å²) in [5.74, 6) is -1.09. The number of carboxylic acids is 1. The second kappa shape index (κ2) is 20.1. The summed E-state index contributed by atoms with van der Waals surface area (Å²) in [4.78, 5) is 45.6. The maximum atomic E-state index is 13.2. The third-order valence-corrected chi connectivity index (χ3v) is 15.8. The molecule has 6 aromatic heterocycles. The molecule has 2 atom stereocenters. The topological polar surface area (TPSA) is 195 Å². The van der Waals surface area contributed by atoms with E-state index in [1.807, 2.05) is 67.0 Å². The van der Waals surface area contributed by atoms with Crippen LogP contribution in [0, 0.1) is 0 Å². The Morgan fingerprint density at radius 2 is 1.16 bits per heavy atom. The first-order valence-corrected chi connectivity index (χ1v) is 31.2. The van der Waals surface area contributed by atoms with Crippen molar-refractivity contribution in [2.75, 3.05) is 26.3 Å². The van der Waals surface area contributed by atoms with E-state index in [0.29, 0.717) is 80.7 Å². The first kappa shape index (κ1) is 49.9. The lowest BCUT2D eigenvalue weighted by molar-refractivity contribution is 0.0695. The number of fused-ring (bicyclic) bond motifs is 4. The summed E-state index contributed by atoms with van der Waals surface area (Å²) in [5, 5.41) is 25.1. The Kier molecular flexibility index (Phi) is 14.5. The molecule has 2 aliphatic rings. The minimum Gasteiger partial charge on any atom is -0.478 e. The van der Waals surface area contributed by atoms with Crippen LogP contribution in [0.3, 0.4) is 0 Å². The normalized spacial score (nSPS) is 15.7. The Hall–Kier alpha value is -5.55. The Bertz CT molecular complexity index is 3200. The van der Waals surface area contributed by atoms with E-state index in [-0.39, 0.29) is 24.2 Å². The number of rotatable bonds is 14. The highest BCUT2D eigenvalue weighted by Gasteiger charge is 2.37. The third kappa shape index (κ3) is 11.7. The van der Waals surface area contributed by atoms with E-state index in [2.05, 4.69) is 71.7 Å². The van der Waals surface area contributed by atoms with E-state index in [0.717, 1.165) is 46.5 Å². The van der Waals surface area contributed by atoms with Crippen molar-refractivity contribution in [3.05, 3.63) is 82.4 Å². The van der Waals surface area contributed by atoms with Crippen molar-refractivity contribution < 1.29 is 24.2 Å². The number of ether oxygens (including phenoxy) is 2. The standard InChI is InChI=1S/C24H29ClN6O2Si.C21H24ClN5O3Si.C3H7N/c1-15-12-31(15)24(32)18-13-30(14-33-8-9-34(3,4)5)23-22(18)27-19(11-26-23)21-17-7-6-16(25)10-20(17)29(2)28-21;1-26-17-9-13(22)5-6-14(17)18(25-26)16-10-23-20-19(24-16)15(21(28)29)11-27(20)12-30-7-8-31(2,3)4;1-3-2-4-3/h6-7,10-11,13,15H,8-9,12,14H2,1-5H3;5-6,9-11H,7-8,12H2,1-4H3,(H,28,29);3-4H,2H2,1H3. The van der Waals surface area contributed by atoms with Crippen molar-refractivity contribution in [1.82, 2.24) is 58.8 Å². The van der Waals surface area contributed by atoms with Crippen molar-refractivity contribution in [2.45, 2.75) is 90.8 Å². The molecular formula is C48H60Cl2N12O5Si2. The van der Waals surface area contributed by atoms with Gasteiger partial charge in [0.25, 0.3) is 5.91 Å². The molecule has 0 saturated carbocycles. The lowest BCUT2D eigenvalue weighted by Gasteiger charge is -2.15. The minimum absolute atomic E-state index is 0.0255. The molecule has 2 unspecified atom stereocenters. The number of hydrogen-bond acceptors (Lipinski definition) is 11. The molecule has 2 aromatic carbocycles. The number of halogens is 2.